The summed E-state index contributed by atoms with van der Waals surface area (Å²) in [4.78, 5) is 26.2. The van der Waals surface area contributed by atoms with Crippen LogP contribution in [0.2, 0.25) is 0 Å². The minimum absolute atomic E-state index is 0.0418. The van der Waals surface area contributed by atoms with Crippen LogP contribution in [0.15, 0.2) is 54.6 Å². The van der Waals surface area contributed by atoms with Crippen molar-refractivity contribution in [1.29, 1.82) is 0 Å². The Labute approximate surface area is 146 Å². The molecule has 1 aliphatic rings. The van der Waals surface area contributed by atoms with Crippen molar-refractivity contribution in [3.63, 3.8) is 0 Å². The standard InChI is InChI=1S/C20H21NO4/c22-12-6-11-20(13-15-7-2-1-3-8-15)14-18(23)16-9-4-5-10-17(16)21(20)19(24)25/h1-5,7-10,22H,6,11-14H2,(H,24,25). The molecule has 5 heteroatoms. The number of amides is 1. The zero-order valence-corrected chi connectivity index (χ0v) is 13.9. The molecule has 2 N–H and O–H groups in total. The number of nitrogens with zero attached hydrogens (tertiary/aromatic N) is 1. The minimum Gasteiger partial charge on any atom is -0.465 e. The zero-order valence-electron chi connectivity index (χ0n) is 13.9. The summed E-state index contributed by atoms with van der Waals surface area (Å²) in [6, 6.07) is 16.4. The van der Waals surface area contributed by atoms with Gasteiger partial charge in [0.15, 0.2) is 5.78 Å². The number of anilines is 1. The molecular weight excluding hydrogens is 318 g/mol. The van der Waals surface area contributed by atoms with E-state index in [1.165, 1.54) is 4.90 Å². The van der Waals surface area contributed by atoms with Crippen molar-refractivity contribution in [2.75, 3.05) is 11.5 Å². The summed E-state index contributed by atoms with van der Waals surface area (Å²) in [7, 11) is 0. The van der Waals surface area contributed by atoms with E-state index in [0.717, 1.165) is 5.56 Å². The Bertz CT molecular complexity index is 774. The van der Waals surface area contributed by atoms with Crippen molar-refractivity contribution in [3.8, 4) is 0 Å². The molecule has 0 bridgehead atoms. The van der Waals surface area contributed by atoms with Crippen molar-refractivity contribution in [1.82, 2.24) is 0 Å². The minimum atomic E-state index is -1.08. The van der Waals surface area contributed by atoms with Gasteiger partial charge in [0, 0.05) is 18.6 Å². The fourth-order valence-electron chi connectivity index (χ4n) is 3.75. The van der Waals surface area contributed by atoms with Gasteiger partial charge >= 0.3 is 6.09 Å². The Morgan fingerprint density at radius 2 is 1.76 bits per heavy atom. The summed E-state index contributed by atoms with van der Waals surface area (Å²) in [6.07, 6.45) is 0.330. The van der Waals surface area contributed by atoms with Gasteiger partial charge in [0.2, 0.25) is 0 Å². The first-order valence-corrected chi connectivity index (χ1v) is 8.37. The van der Waals surface area contributed by atoms with Gasteiger partial charge in [-0.3, -0.25) is 9.69 Å². The van der Waals surface area contributed by atoms with Gasteiger partial charge < -0.3 is 10.2 Å². The molecule has 0 spiro atoms. The Balaban J connectivity index is 2.11. The number of aliphatic hydroxyl groups is 1. The van der Waals surface area contributed by atoms with Crippen LogP contribution in [0.25, 0.3) is 0 Å². The lowest BCUT2D eigenvalue weighted by Gasteiger charge is -2.46. The Kier molecular flexibility index (Phi) is 4.86. The Morgan fingerprint density at radius 3 is 2.44 bits per heavy atom. The SMILES string of the molecule is O=C1CC(CCCO)(Cc2ccccc2)N(C(=O)O)c2ccccc21. The molecule has 3 rings (SSSR count). The quantitative estimate of drug-likeness (QED) is 0.874. The summed E-state index contributed by atoms with van der Waals surface area (Å²) in [5.74, 6) is -0.0537. The van der Waals surface area contributed by atoms with E-state index in [0.29, 0.717) is 30.5 Å². The van der Waals surface area contributed by atoms with Crippen molar-refractivity contribution >= 4 is 17.6 Å². The van der Waals surface area contributed by atoms with Gasteiger partial charge in [-0.25, -0.2) is 4.79 Å². The normalized spacial score (nSPS) is 19.6. The molecule has 1 unspecified atom stereocenters. The number of benzene rings is 2. The number of hydrogen-bond acceptors (Lipinski definition) is 3. The lowest BCUT2D eigenvalue weighted by molar-refractivity contribution is 0.0924. The third-order valence-electron chi connectivity index (χ3n) is 4.78. The van der Waals surface area contributed by atoms with Crippen LogP contribution in [0.1, 0.15) is 35.2 Å². The molecule has 0 saturated carbocycles. The molecule has 25 heavy (non-hydrogen) atoms. The fourth-order valence-corrected chi connectivity index (χ4v) is 3.75. The van der Waals surface area contributed by atoms with Crippen LogP contribution in [0, 0.1) is 0 Å². The Morgan fingerprint density at radius 1 is 1.08 bits per heavy atom. The van der Waals surface area contributed by atoms with Crippen LogP contribution < -0.4 is 4.90 Å². The van der Waals surface area contributed by atoms with Crippen molar-refractivity contribution in [2.45, 2.75) is 31.2 Å². The molecule has 2 aromatic carbocycles. The van der Waals surface area contributed by atoms with Crippen molar-refractivity contribution in [3.05, 3.63) is 65.7 Å². The molecule has 0 aliphatic carbocycles. The summed E-state index contributed by atoms with van der Waals surface area (Å²) >= 11 is 0. The van der Waals surface area contributed by atoms with E-state index in [1.54, 1.807) is 24.3 Å². The molecular formula is C20H21NO4. The van der Waals surface area contributed by atoms with E-state index in [9.17, 15) is 19.8 Å². The maximum absolute atomic E-state index is 12.7. The van der Waals surface area contributed by atoms with Crippen molar-refractivity contribution in [2.24, 2.45) is 0 Å². The zero-order chi connectivity index (χ0) is 17.9. The highest BCUT2D eigenvalue weighted by atomic mass is 16.4. The van der Waals surface area contributed by atoms with Crippen LogP contribution in [0.4, 0.5) is 10.5 Å². The molecule has 5 nitrogen and oxygen atoms in total. The third kappa shape index (κ3) is 3.28. The number of fused-ring (bicyclic) bond motifs is 1. The van der Waals surface area contributed by atoms with E-state index < -0.39 is 11.6 Å². The second-order valence-electron chi connectivity index (χ2n) is 6.45. The summed E-state index contributed by atoms with van der Waals surface area (Å²) in [5.41, 5.74) is 0.957. The molecule has 1 amide bonds. The number of carbonyl (C=O) groups excluding carboxylic acids is 1. The first-order chi connectivity index (χ1) is 12.1. The largest absolute Gasteiger partial charge is 0.465 e. The van der Waals surface area contributed by atoms with Crippen LogP contribution in [-0.4, -0.2) is 34.2 Å². The Hall–Kier alpha value is -2.66. The highest BCUT2D eigenvalue weighted by Crippen LogP contribution is 2.41. The number of carbonyl (C=O) groups is 2. The molecule has 0 fully saturated rings. The molecule has 2 aromatic rings. The molecule has 1 heterocycles. The number of para-hydroxylation sites is 1. The number of Topliss-reactive ketones (excluding diaryl/α,β-unsaturated/α-hetero) is 1. The second kappa shape index (κ2) is 7.07. The average Bonchev–Trinajstić information content (AvgIpc) is 2.61. The van der Waals surface area contributed by atoms with Crippen LogP contribution >= 0.6 is 0 Å². The van der Waals surface area contributed by atoms with Gasteiger partial charge in [0.05, 0.1) is 11.2 Å². The molecule has 1 atom stereocenters. The number of carboxylic acid groups (broad SMARTS) is 1. The van der Waals surface area contributed by atoms with E-state index in [1.807, 2.05) is 30.3 Å². The van der Waals surface area contributed by atoms with Gasteiger partial charge in [-0.15, -0.1) is 0 Å². The summed E-state index contributed by atoms with van der Waals surface area (Å²) < 4.78 is 0. The average molecular weight is 339 g/mol. The van der Waals surface area contributed by atoms with Crippen molar-refractivity contribution < 1.29 is 19.8 Å². The third-order valence-corrected chi connectivity index (χ3v) is 4.78. The maximum Gasteiger partial charge on any atom is 0.412 e. The molecule has 0 saturated heterocycles. The highest BCUT2D eigenvalue weighted by Gasteiger charge is 2.47. The maximum atomic E-state index is 12.7. The first-order valence-electron chi connectivity index (χ1n) is 8.37. The number of aliphatic hydroxyl groups excluding tert-OH is 1. The second-order valence-corrected chi connectivity index (χ2v) is 6.45. The monoisotopic (exact) mass is 339 g/mol. The lowest BCUT2D eigenvalue weighted by Crippen LogP contribution is -2.57. The molecule has 1 aliphatic heterocycles. The number of rotatable bonds is 5. The van der Waals surface area contributed by atoms with E-state index in [-0.39, 0.29) is 18.8 Å². The van der Waals surface area contributed by atoms with Crippen LogP contribution in [0.5, 0.6) is 0 Å². The smallest absolute Gasteiger partial charge is 0.412 e. The predicted molar refractivity (Wildman–Crippen MR) is 95.1 cm³/mol. The van der Waals surface area contributed by atoms with Gasteiger partial charge in [-0.1, -0.05) is 42.5 Å². The predicted octanol–water partition coefficient (Wildman–Crippen LogP) is 3.51. The number of ketones is 1. The summed E-state index contributed by atoms with van der Waals surface area (Å²) in [5, 5.41) is 19.2. The highest BCUT2D eigenvalue weighted by molar-refractivity contribution is 6.08. The van der Waals surface area contributed by atoms with Crippen LogP contribution in [0.3, 0.4) is 0 Å². The van der Waals surface area contributed by atoms with E-state index >= 15 is 0 Å². The first kappa shape index (κ1) is 17.2. The van der Waals surface area contributed by atoms with Gasteiger partial charge in [0.1, 0.15) is 0 Å². The van der Waals surface area contributed by atoms with Gasteiger partial charge in [-0.05, 0) is 37.0 Å². The molecule has 0 aromatic heterocycles. The topological polar surface area (TPSA) is 77.8 Å². The van der Waals surface area contributed by atoms with E-state index in [2.05, 4.69) is 0 Å². The lowest BCUT2D eigenvalue weighted by atomic mass is 9.76. The van der Waals surface area contributed by atoms with E-state index in [4.69, 9.17) is 0 Å². The van der Waals surface area contributed by atoms with Gasteiger partial charge in [-0.2, -0.15) is 0 Å². The van der Waals surface area contributed by atoms with Crippen LogP contribution in [-0.2, 0) is 6.42 Å². The summed E-state index contributed by atoms with van der Waals surface area (Å²) in [6.45, 7) is -0.0418. The molecule has 130 valence electrons. The number of hydrogen-bond donors (Lipinski definition) is 2. The van der Waals surface area contributed by atoms with Gasteiger partial charge in [0.25, 0.3) is 0 Å². The molecule has 0 radical (unpaired) electrons. The fraction of sp³-hybridized carbons (Fsp3) is 0.300.